The van der Waals surface area contributed by atoms with E-state index in [0.29, 0.717) is 17.9 Å². The molecule has 3 nitrogen and oxygen atoms in total. The number of hydrogen-bond acceptors (Lipinski definition) is 4. The summed E-state index contributed by atoms with van der Waals surface area (Å²) in [6, 6.07) is 4.50. The van der Waals surface area contributed by atoms with Gasteiger partial charge in [-0.3, -0.25) is 0 Å². The zero-order valence-electron chi connectivity index (χ0n) is 11.0. The summed E-state index contributed by atoms with van der Waals surface area (Å²) in [6.45, 7) is 4.24. The fraction of sp³-hybridized carbons (Fsp3) is 0.357. The van der Waals surface area contributed by atoms with Crippen molar-refractivity contribution in [3.8, 4) is 5.75 Å². The van der Waals surface area contributed by atoms with E-state index in [9.17, 15) is 4.39 Å². The summed E-state index contributed by atoms with van der Waals surface area (Å²) in [6.07, 6.45) is 0.785. The van der Waals surface area contributed by atoms with Crippen LogP contribution >= 0.6 is 11.3 Å². The summed E-state index contributed by atoms with van der Waals surface area (Å²) in [5, 5.41) is 0. The lowest BCUT2D eigenvalue weighted by Gasteiger charge is -2.10. The molecule has 1 aromatic carbocycles. The Labute approximate surface area is 116 Å². The molecule has 1 unspecified atom stereocenters. The second-order valence-electron chi connectivity index (χ2n) is 4.43. The van der Waals surface area contributed by atoms with Gasteiger partial charge in [-0.2, -0.15) is 0 Å². The van der Waals surface area contributed by atoms with Gasteiger partial charge < -0.3 is 10.5 Å². The number of rotatable bonds is 5. The van der Waals surface area contributed by atoms with E-state index in [2.05, 4.69) is 4.98 Å². The third kappa shape index (κ3) is 3.52. The summed E-state index contributed by atoms with van der Waals surface area (Å²) in [7, 11) is 0. The molecule has 0 saturated carbocycles. The maximum absolute atomic E-state index is 13.7. The Kier molecular flexibility index (Phi) is 4.50. The summed E-state index contributed by atoms with van der Waals surface area (Å²) >= 11 is 1.61. The second kappa shape index (κ2) is 6.12. The number of thiazole rings is 1. The molecule has 0 spiro atoms. The smallest absolute Gasteiger partial charge is 0.131 e. The predicted octanol–water partition coefficient (Wildman–Crippen LogP) is 3.23. The minimum atomic E-state index is -0.318. The van der Waals surface area contributed by atoms with E-state index in [4.69, 9.17) is 10.5 Å². The molecule has 2 N–H and O–H groups in total. The van der Waals surface area contributed by atoms with Crippen molar-refractivity contribution in [1.29, 1.82) is 0 Å². The summed E-state index contributed by atoms with van der Waals surface area (Å²) in [5.74, 6) is 0.213. The van der Waals surface area contributed by atoms with Gasteiger partial charge in [-0.1, -0.05) is 6.07 Å². The van der Waals surface area contributed by atoms with E-state index in [1.807, 2.05) is 12.4 Å². The molecule has 0 bridgehead atoms. The molecule has 5 heteroatoms. The lowest BCUT2D eigenvalue weighted by atomic mass is 10.1. The number of hydrogen-bond donors (Lipinski definition) is 1. The van der Waals surface area contributed by atoms with Gasteiger partial charge in [0.05, 0.1) is 17.8 Å². The van der Waals surface area contributed by atoms with E-state index >= 15 is 0 Å². The molecule has 0 fully saturated rings. The van der Waals surface area contributed by atoms with Crippen LogP contribution in [0.1, 0.15) is 29.1 Å². The number of aromatic nitrogens is 1. The van der Waals surface area contributed by atoms with Crippen molar-refractivity contribution in [2.75, 3.05) is 6.61 Å². The monoisotopic (exact) mass is 280 g/mol. The van der Waals surface area contributed by atoms with Gasteiger partial charge in [-0.15, -0.1) is 11.3 Å². The van der Waals surface area contributed by atoms with Gasteiger partial charge in [0.1, 0.15) is 11.6 Å². The number of benzene rings is 1. The fourth-order valence-corrected chi connectivity index (χ4v) is 2.56. The van der Waals surface area contributed by atoms with Crippen LogP contribution in [0.25, 0.3) is 0 Å². The molecule has 0 amide bonds. The normalized spacial score (nSPS) is 12.4. The first-order valence-electron chi connectivity index (χ1n) is 6.14. The van der Waals surface area contributed by atoms with Crippen LogP contribution in [-0.2, 0) is 6.42 Å². The van der Waals surface area contributed by atoms with Gasteiger partial charge in [0.2, 0.25) is 0 Å². The number of aryl methyl sites for hydroxylation is 1. The second-order valence-corrected chi connectivity index (χ2v) is 5.37. The van der Waals surface area contributed by atoms with E-state index in [1.165, 1.54) is 10.9 Å². The Balaban J connectivity index is 1.93. The van der Waals surface area contributed by atoms with Crippen LogP contribution < -0.4 is 10.5 Å². The molecule has 2 rings (SSSR count). The van der Waals surface area contributed by atoms with Crippen molar-refractivity contribution in [2.24, 2.45) is 5.73 Å². The molecule has 19 heavy (non-hydrogen) atoms. The Morgan fingerprint density at radius 3 is 2.84 bits per heavy atom. The van der Waals surface area contributed by atoms with E-state index in [1.54, 1.807) is 30.4 Å². The Hall–Kier alpha value is -1.46. The van der Waals surface area contributed by atoms with Crippen LogP contribution in [0.3, 0.4) is 0 Å². The van der Waals surface area contributed by atoms with Crippen LogP contribution in [0.5, 0.6) is 5.75 Å². The summed E-state index contributed by atoms with van der Waals surface area (Å²) < 4.78 is 19.2. The Bertz CT molecular complexity index is 554. The zero-order chi connectivity index (χ0) is 13.8. The summed E-state index contributed by atoms with van der Waals surface area (Å²) in [4.78, 5) is 5.38. The van der Waals surface area contributed by atoms with Crippen LogP contribution in [0.15, 0.2) is 23.7 Å². The van der Waals surface area contributed by atoms with Crippen molar-refractivity contribution in [1.82, 2.24) is 4.98 Å². The third-order valence-electron chi connectivity index (χ3n) is 2.91. The molecule has 0 aliphatic carbocycles. The van der Waals surface area contributed by atoms with E-state index < -0.39 is 0 Å². The van der Waals surface area contributed by atoms with Gasteiger partial charge >= 0.3 is 0 Å². The minimum Gasteiger partial charge on any atom is -0.493 e. The first-order valence-corrected chi connectivity index (χ1v) is 7.02. The van der Waals surface area contributed by atoms with E-state index in [0.717, 1.165) is 12.1 Å². The maximum Gasteiger partial charge on any atom is 0.131 e. The Morgan fingerprint density at radius 2 is 2.26 bits per heavy atom. The molecular weight excluding hydrogens is 263 g/mol. The number of halogens is 1. The quantitative estimate of drug-likeness (QED) is 0.914. The topological polar surface area (TPSA) is 48.1 Å². The van der Waals surface area contributed by atoms with Gasteiger partial charge in [0.25, 0.3) is 0 Å². The molecule has 0 radical (unpaired) electrons. The minimum absolute atomic E-state index is 0.311. The van der Waals surface area contributed by atoms with Gasteiger partial charge in [-0.25, -0.2) is 9.37 Å². The highest BCUT2D eigenvalue weighted by Crippen LogP contribution is 2.21. The SMILES string of the molecule is Cc1ncsc1CCOc1ccc(C(C)N)c(F)c1. The lowest BCUT2D eigenvalue weighted by molar-refractivity contribution is 0.320. The number of ether oxygens (including phenoxy) is 1. The molecule has 2 aromatic rings. The largest absolute Gasteiger partial charge is 0.493 e. The van der Waals surface area contributed by atoms with E-state index in [-0.39, 0.29) is 11.9 Å². The molecule has 1 heterocycles. The van der Waals surface area contributed by atoms with Gasteiger partial charge in [0.15, 0.2) is 0 Å². The molecule has 0 saturated heterocycles. The Morgan fingerprint density at radius 1 is 1.47 bits per heavy atom. The maximum atomic E-state index is 13.7. The highest BCUT2D eigenvalue weighted by atomic mass is 32.1. The molecule has 1 atom stereocenters. The average Bonchev–Trinajstić information content (AvgIpc) is 2.75. The zero-order valence-corrected chi connectivity index (χ0v) is 11.8. The first kappa shape index (κ1) is 14.0. The van der Waals surface area contributed by atoms with Crippen LogP contribution in [-0.4, -0.2) is 11.6 Å². The molecule has 102 valence electrons. The number of nitrogens with zero attached hydrogens (tertiary/aromatic N) is 1. The molecular formula is C14H17FN2OS. The average molecular weight is 280 g/mol. The van der Waals surface area contributed by atoms with Crippen LogP contribution in [0.4, 0.5) is 4.39 Å². The molecule has 1 aromatic heterocycles. The molecule has 0 aliphatic rings. The number of nitrogens with two attached hydrogens (primary N) is 1. The van der Waals surface area contributed by atoms with Gasteiger partial charge in [0, 0.05) is 29.0 Å². The lowest BCUT2D eigenvalue weighted by Crippen LogP contribution is -2.08. The van der Waals surface area contributed by atoms with Crippen molar-refractivity contribution in [2.45, 2.75) is 26.3 Å². The third-order valence-corrected chi connectivity index (χ3v) is 3.90. The standard InChI is InChI=1S/C14H17FN2OS/c1-9(16)12-4-3-11(7-13(12)15)18-6-5-14-10(2)17-8-19-14/h3-4,7-9H,5-6,16H2,1-2H3. The van der Waals surface area contributed by atoms with Crippen molar-refractivity contribution >= 4 is 11.3 Å². The van der Waals surface area contributed by atoms with Crippen molar-refractivity contribution < 1.29 is 9.13 Å². The van der Waals surface area contributed by atoms with Gasteiger partial charge in [-0.05, 0) is 19.9 Å². The first-order chi connectivity index (χ1) is 9.08. The summed E-state index contributed by atoms with van der Waals surface area (Å²) in [5.41, 5.74) is 9.02. The highest BCUT2D eigenvalue weighted by molar-refractivity contribution is 7.09. The predicted molar refractivity (Wildman–Crippen MR) is 75.1 cm³/mol. The van der Waals surface area contributed by atoms with Crippen LogP contribution in [0.2, 0.25) is 0 Å². The molecule has 0 aliphatic heterocycles. The highest BCUT2D eigenvalue weighted by Gasteiger charge is 2.08. The fourth-order valence-electron chi connectivity index (χ4n) is 1.79. The van der Waals surface area contributed by atoms with Crippen molar-refractivity contribution in [3.05, 3.63) is 45.7 Å². The van der Waals surface area contributed by atoms with Crippen molar-refractivity contribution in [3.63, 3.8) is 0 Å². The van der Waals surface area contributed by atoms with Crippen LogP contribution in [0, 0.1) is 12.7 Å².